The highest BCUT2D eigenvalue weighted by molar-refractivity contribution is 5.84. The zero-order valence-corrected chi connectivity index (χ0v) is 10.8. The lowest BCUT2D eigenvalue weighted by molar-refractivity contribution is 0.798. The molecule has 0 spiro atoms. The zero-order valence-electron chi connectivity index (χ0n) is 10.8. The Hall–Kier alpha value is -2.23. The first-order valence-corrected chi connectivity index (χ1v) is 5.83. The van der Waals surface area contributed by atoms with Crippen LogP contribution in [0.4, 0.5) is 0 Å². The van der Waals surface area contributed by atoms with Crippen molar-refractivity contribution in [2.24, 2.45) is 5.10 Å². The number of nitrogens with zero attached hydrogens (tertiary/aromatic N) is 4. The van der Waals surface area contributed by atoms with Crippen molar-refractivity contribution in [3.63, 3.8) is 0 Å². The van der Waals surface area contributed by atoms with Crippen molar-refractivity contribution in [3.8, 4) is 0 Å². The highest BCUT2D eigenvalue weighted by Crippen LogP contribution is 2.05. The van der Waals surface area contributed by atoms with Gasteiger partial charge in [-0.25, -0.2) is 4.68 Å². The SMILES string of the molecule is CC(=C/c1ccccc1)/C=N/n1c(C)nnc1C. The third kappa shape index (κ3) is 2.91. The second-order valence-corrected chi connectivity index (χ2v) is 4.15. The summed E-state index contributed by atoms with van der Waals surface area (Å²) < 4.78 is 1.72. The zero-order chi connectivity index (χ0) is 13.0. The monoisotopic (exact) mass is 240 g/mol. The second kappa shape index (κ2) is 5.40. The van der Waals surface area contributed by atoms with Crippen LogP contribution in [-0.4, -0.2) is 21.1 Å². The van der Waals surface area contributed by atoms with Crippen LogP contribution in [-0.2, 0) is 0 Å². The maximum atomic E-state index is 4.36. The number of rotatable bonds is 3. The largest absolute Gasteiger partial charge is 0.202 e. The molecule has 0 radical (unpaired) electrons. The Morgan fingerprint density at radius 2 is 1.72 bits per heavy atom. The van der Waals surface area contributed by atoms with Crippen molar-refractivity contribution in [1.82, 2.24) is 14.9 Å². The summed E-state index contributed by atoms with van der Waals surface area (Å²) in [5.74, 6) is 1.58. The van der Waals surface area contributed by atoms with Gasteiger partial charge in [-0.05, 0) is 31.9 Å². The van der Waals surface area contributed by atoms with E-state index >= 15 is 0 Å². The molecule has 18 heavy (non-hydrogen) atoms. The van der Waals surface area contributed by atoms with E-state index in [1.165, 1.54) is 5.56 Å². The molecule has 0 fully saturated rings. The summed E-state index contributed by atoms with van der Waals surface area (Å²) in [7, 11) is 0. The molecule has 0 aliphatic carbocycles. The van der Waals surface area contributed by atoms with E-state index in [0.29, 0.717) is 0 Å². The second-order valence-electron chi connectivity index (χ2n) is 4.15. The first kappa shape index (κ1) is 12.2. The van der Waals surface area contributed by atoms with E-state index in [1.807, 2.05) is 45.2 Å². The Kier molecular flexibility index (Phi) is 3.67. The van der Waals surface area contributed by atoms with Crippen molar-refractivity contribution in [3.05, 3.63) is 53.1 Å². The van der Waals surface area contributed by atoms with Crippen molar-refractivity contribution < 1.29 is 0 Å². The fourth-order valence-corrected chi connectivity index (χ4v) is 1.63. The fourth-order valence-electron chi connectivity index (χ4n) is 1.63. The van der Waals surface area contributed by atoms with E-state index in [1.54, 1.807) is 4.68 Å². The van der Waals surface area contributed by atoms with Gasteiger partial charge in [0.25, 0.3) is 0 Å². The molecule has 0 saturated carbocycles. The van der Waals surface area contributed by atoms with Crippen LogP contribution in [0.15, 0.2) is 41.0 Å². The summed E-state index contributed by atoms with van der Waals surface area (Å²) in [6.45, 7) is 5.78. The lowest BCUT2D eigenvalue weighted by atomic mass is 10.1. The van der Waals surface area contributed by atoms with E-state index in [-0.39, 0.29) is 0 Å². The highest BCUT2D eigenvalue weighted by Gasteiger charge is 2.00. The van der Waals surface area contributed by atoms with Crippen LogP contribution in [0.2, 0.25) is 0 Å². The van der Waals surface area contributed by atoms with Gasteiger partial charge in [0, 0.05) is 0 Å². The standard InChI is InChI=1S/C14H16N4/c1-11(9-14-7-5-4-6-8-14)10-15-18-12(2)16-17-13(18)3/h4-10H,1-3H3/b11-9-,15-10+. The summed E-state index contributed by atoms with van der Waals surface area (Å²) in [6.07, 6.45) is 3.90. The first-order valence-electron chi connectivity index (χ1n) is 5.83. The minimum atomic E-state index is 0.788. The predicted octanol–water partition coefficient (Wildman–Crippen LogP) is 2.83. The van der Waals surface area contributed by atoms with Gasteiger partial charge < -0.3 is 0 Å². The lowest BCUT2D eigenvalue weighted by Gasteiger charge is -1.98. The molecule has 0 amide bonds. The highest BCUT2D eigenvalue weighted by atomic mass is 15.4. The molecule has 1 aromatic carbocycles. The summed E-state index contributed by atoms with van der Waals surface area (Å²) in [6, 6.07) is 10.2. The average Bonchev–Trinajstić information content (AvgIpc) is 2.68. The van der Waals surface area contributed by atoms with Crippen molar-refractivity contribution in [2.45, 2.75) is 20.8 Å². The minimum absolute atomic E-state index is 0.788. The van der Waals surface area contributed by atoms with Gasteiger partial charge in [0.15, 0.2) is 11.6 Å². The molecule has 0 atom stereocenters. The Bertz CT molecular complexity index is 560. The van der Waals surface area contributed by atoms with Gasteiger partial charge in [-0.2, -0.15) is 5.10 Å². The average molecular weight is 240 g/mol. The first-order chi connectivity index (χ1) is 8.66. The topological polar surface area (TPSA) is 43.1 Å². The molecule has 0 N–H and O–H groups in total. The van der Waals surface area contributed by atoms with Crippen molar-refractivity contribution in [1.29, 1.82) is 0 Å². The van der Waals surface area contributed by atoms with Gasteiger partial charge in [0.2, 0.25) is 0 Å². The van der Waals surface area contributed by atoms with Gasteiger partial charge in [-0.15, -0.1) is 10.2 Å². The fraction of sp³-hybridized carbons (Fsp3) is 0.214. The summed E-state index contributed by atoms with van der Waals surface area (Å²) in [5, 5.41) is 12.3. The van der Waals surface area contributed by atoms with Crippen LogP contribution >= 0.6 is 0 Å². The maximum Gasteiger partial charge on any atom is 0.151 e. The number of aromatic nitrogens is 3. The molecule has 92 valence electrons. The lowest BCUT2D eigenvalue weighted by Crippen LogP contribution is -1.96. The van der Waals surface area contributed by atoms with Gasteiger partial charge in [-0.3, -0.25) is 0 Å². The van der Waals surface area contributed by atoms with Crippen molar-refractivity contribution in [2.75, 3.05) is 0 Å². The smallest absolute Gasteiger partial charge is 0.151 e. The maximum absolute atomic E-state index is 4.36. The van der Waals surface area contributed by atoms with Gasteiger partial charge in [-0.1, -0.05) is 36.4 Å². The number of benzene rings is 1. The van der Waals surface area contributed by atoms with Crippen LogP contribution in [0.5, 0.6) is 0 Å². The predicted molar refractivity (Wildman–Crippen MR) is 73.5 cm³/mol. The quantitative estimate of drug-likeness (QED) is 0.774. The summed E-state index contributed by atoms with van der Waals surface area (Å²) in [5.41, 5.74) is 2.24. The molecular formula is C14H16N4. The van der Waals surface area contributed by atoms with Gasteiger partial charge in [0.1, 0.15) is 0 Å². The molecule has 0 aliphatic heterocycles. The summed E-state index contributed by atoms with van der Waals surface area (Å²) >= 11 is 0. The number of allylic oxidation sites excluding steroid dienone is 1. The van der Waals surface area contributed by atoms with Crippen LogP contribution < -0.4 is 0 Å². The minimum Gasteiger partial charge on any atom is -0.202 e. The molecule has 1 heterocycles. The van der Waals surface area contributed by atoms with E-state index < -0.39 is 0 Å². The number of aryl methyl sites for hydroxylation is 2. The Labute approximate surface area is 107 Å². The van der Waals surface area contributed by atoms with E-state index in [9.17, 15) is 0 Å². The third-order valence-electron chi connectivity index (χ3n) is 2.52. The van der Waals surface area contributed by atoms with Crippen LogP contribution in [0.3, 0.4) is 0 Å². The molecule has 4 nitrogen and oxygen atoms in total. The van der Waals surface area contributed by atoms with Crippen LogP contribution in [0.25, 0.3) is 6.08 Å². The Morgan fingerprint density at radius 3 is 2.33 bits per heavy atom. The van der Waals surface area contributed by atoms with Gasteiger partial charge in [0.05, 0.1) is 6.21 Å². The molecule has 0 saturated heterocycles. The molecule has 0 aliphatic rings. The molecule has 0 bridgehead atoms. The van der Waals surface area contributed by atoms with E-state index in [2.05, 4.69) is 33.5 Å². The van der Waals surface area contributed by atoms with Crippen molar-refractivity contribution >= 4 is 12.3 Å². The molecule has 4 heteroatoms. The molecule has 1 aromatic heterocycles. The van der Waals surface area contributed by atoms with Crippen LogP contribution in [0.1, 0.15) is 24.1 Å². The molecular weight excluding hydrogens is 224 g/mol. The van der Waals surface area contributed by atoms with Crippen LogP contribution in [0, 0.1) is 13.8 Å². The number of hydrogen-bond donors (Lipinski definition) is 0. The summed E-state index contributed by atoms with van der Waals surface area (Å²) in [4.78, 5) is 0. The number of hydrogen-bond acceptors (Lipinski definition) is 3. The molecule has 0 unspecified atom stereocenters. The molecule has 2 rings (SSSR count). The van der Waals surface area contributed by atoms with E-state index in [4.69, 9.17) is 0 Å². The Balaban J connectivity index is 2.17. The Morgan fingerprint density at radius 1 is 1.11 bits per heavy atom. The normalized spacial score (nSPS) is 12.3. The van der Waals surface area contributed by atoms with Gasteiger partial charge >= 0.3 is 0 Å². The van der Waals surface area contributed by atoms with E-state index in [0.717, 1.165) is 17.2 Å². The molecule has 2 aromatic rings. The third-order valence-corrected chi connectivity index (χ3v) is 2.52.